The summed E-state index contributed by atoms with van der Waals surface area (Å²) in [6.45, 7) is 5.05. The molecule has 0 aliphatic rings. The highest BCUT2D eigenvalue weighted by Crippen LogP contribution is 2.17. The van der Waals surface area contributed by atoms with Crippen LogP contribution < -0.4 is 16.0 Å². The molecule has 3 aromatic rings. The third-order valence-corrected chi connectivity index (χ3v) is 4.84. The first-order chi connectivity index (χ1) is 13.8. The van der Waals surface area contributed by atoms with Gasteiger partial charge in [0.15, 0.2) is 6.54 Å². The van der Waals surface area contributed by atoms with Crippen LogP contribution in [0.5, 0.6) is 0 Å². The van der Waals surface area contributed by atoms with Crippen LogP contribution in [0.2, 0.25) is 0 Å². The van der Waals surface area contributed by atoms with Gasteiger partial charge in [0.2, 0.25) is 5.91 Å². The Morgan fingerprint density at radius 3 is 2.34 bits per heavy atom. The van der Waals surface area contributed by atoms with Crippen molar-refractivity contribution in [2.24, 2.45) is 5.73 Å². The summed E-state index contributed by atoms with van der Waals surface area (Å²) in [5.74, 6) is -0.589. The van der Waals surface area contributed by atoms with E-state index in [-0.39, 0.29) is 5.91 Å². The number of nitrogens with two attached hydrogens (primary N) is 1. The molecule has 2 aromatic carbocycles. The Balaban J connectivity index is 1.63. The number of primary amides is 1. The van der Waals surface area contributed by atoms with Crippen LogP contribution in [0.25, 0.3) is 5.69 Å². The summed E-state index contributed by atoms with van der Waals surface area (Å²) in [4.78, 5) is 24.6. The van der Waals surface area contributed by atoms with Gasteiger partial charge in [-0.2, -0.15) is 5.10 Å². The smallest absolute Gasteiger partial charge is 0.279 e. The molecule has 0 aliphatic carbocycles. The quantitative estimate of drug-likeness (QED) is 0.565. The van der Waals surface area contributed by atoms with Crippen molar-refractivity contribution < 1.29 is 14.5 Å². The van der Waals surface area contributed by atoms with E-state index < -0.39 is 5.91 Å². The molecule has 0 saturated carbocycles. The summed E-state index contributed by atoms with van der Waals surface area (Å²) < 4.78 is 1.94. The lowest BCUT2D eigenvalue weighted by molar-refractivity contribution is -0.885. The minimum atomic E-state index is -0.492. The molecule has 0 fully saturated rings. The van der Waals surface area contributed by atoms with Gasteiger partial charge in [0, 0.05) is 11.3 Å². The number of para-hydroxylation sites is 1. The van der Waals surface area contributed by atoms with Crippen molar-refractivity contribution in [3.05, 3.63) is 77.1 Å². The predicted molar refractivity (Wildman–Crippen MR) is 112 cm³/mol. The number of carbonyl (C=O) groups is 2. The number of nitrogens with zero attached hydrogens (tertiary/aromatic N) is 2. The van der Waals surface area contributed by atoms with E-state index in [0.717, 1.165) is 27.5 Å². The lowest BCUT2D eigenvalue weighted by Crippen LogP contribution is -3.08. The molecule has 0 saturated heterocycles. The molecule has 1 heterocycles. The Bertz CT molecular complexity index is 1010. The summed E-state index contributed by atoms with van der Waals surface area (Å²) in [6, 6.07) is 16.5. The molecular weight excluding hydrogens is 366 g/mol. The van der Waals surface area contributed by atoms with Crippen LogP contribution in [0.3, 0.4) is 0 Å². The number of anilines is 1. The van der Waals surface area contributed by atoms with E-state index >= 15 is 0 Å². The summed E-state index contributed by atoms with van der Waals surface area (Å²) in [5, 5.41) is 7.52. The van der Waals surface area contributed by atoms with E-state index in [2.05, 4.69) is 17.3 Å². The van der Waals surface area contributed by atoms with Crippen molar-refractivity contribution in [3.8, 4) is 5.69 Å². The van der Waals surface area contributed by atoms with Crippen molar-refractivity contribution in [2.75, 3.05) is 18.9 Å². The maximum Gasteiger partial charge on any atom is 0.279 e. The Labute approximate surface area is 170 Å². The van der Waals surface area contributed by atoms with Gasteiger partial charge in [0.25, 0.3) is 5.91 Å². The van der Waals surface area contributed by atoms with Crippen LogP contribution in [0.15, 0.2) is 54.6 Å². The Morgan fingerprint density at radius 2 is 1.72 bits per heavy atom. The molecule has 1 unspecified atom stereocenters. The molecule has 1 atom stereocenters. The van der Waals surface area contributed by atoms with Gasteiger partial charge in [0.05, 0.1) is 29.7 Å². The molecular formula is C22H26N5O2+. The van der Waals surface area contributed by atoms with Crippen LogP contribution in [-0.4, -0.2) is 35.2 Å². The first-order valence-corrected chi connectivity index (χ1v) is 9.46. The molecule has 7 nitrogen and oxygen atoms in total. The van der Waals surface area contributed by atoms with Gasteiger partial charge in [-0.3, -0.25) is 9.59 Å². The summed E-state index contributed by atoms with van der Waals surface area (Å²) in [5.41, 5.74) is 10.5. The molecule has 1 aromatic heterocycles. The Morgan fingerprint density at radius 1 is 1.07 bits per heavy atom. The topological polar surface area (TPSA) is 94.4 Å². The first kappa shape index (κ1) is 20.3. The third-order valence-electron chi connectivity index (χ3n) is 4.84. The molecule has 4 N–H and O–H groups in total. The van der Waals surface area contributed by atoms with Gasteiger partial charge in [-0.1, -0.05) is 18.2 Å². The van der Waals surface area contributed by atoms with Gasteiger partial charge >= 0.3 is 0 Å². The fourth-order valence-corrected chi connectivity index (χ4v) is 3.31. The van der Waals surface area contributed by atoms with Crippen LogP contribution in [-0.2, 0) is 11.3 Å². The number of hydrogen-bond acceptors (Lipinski definition) is 3. The van der Waals surface area contributed by atoms with Crippen molar-refractivity contribution in [3.63, 3.8) is 0 Å². The molecule has 2 amide bonds. The highest BCUT2D eigenvalue weighted by Gasteiger charge is 2.18. The van der Waals surface area contributed by atoms with Crippen molar-refractivity contribution in [1.29, 1.82) is 0 Å². The zero-order valence-electron chi connectivity index (χ0n) is 16.9. The van der Waals surface area contributed by atoms with E-state index in [4.69, 9.17) is 5.73 Å². The number of likely N-dealkylation sites (N-methyl/N-ethyl adjacent to an activating group) is 1. The van der Waals surface area contributed by atoms with Crippen LogP contribution in [0, 0.1) is 13.8 Å². The SMILES string of the molecule is Cc1nn(-c2ccccc2)c(C)c1C[NH+](C)CC(=O)Nc1ccc(C(N)=O)cc1. The first-order valence-electron chi connectivity index (χ1n) is 9.46. The van der Waals surface area contributed by atoms with Crippen molar-refractivity contribution >= 4 is 17.5 Å². The average Bonchev–Trinajstić information content (AvgIpc) is 2.97. The maximum absolute atomic E-state index is 12.4. The van der Waals surface area contributed by atoms with E-state index in [1.165, 1.54) is 0 Å². The Kier molecular flexibility index (Phi) is 6.09. The number of hydrogen-bond donors (Lipinski definition) is 3. The lowest BCUT2D eigenvalue weighted by Gasteiger charge is -2.14. The highest BCUT2D eigenvalue weighted by atomic mass is 16.2. The number of benzene rings is 2. The number of nitrogens with one attached hydrogen (secondary N) is 2. The predicted octanol–water partition coefficient (Wildman–Crippen LogP) is 1.24. The van der Waals surface area contributed by atoms with Crippen molar-refractivity contribution in [2.45, 2.75) is 20.4 Å². The molecule has 3 rings (SSSR count). The normalized spacial score (nSPS) is 11.8. The van der Waals surface area contributed by atoms with Gasteiger partial charge in [-0.25, -0.2) is 4.68 Å². The second-order valence-corrected chi connectivity index (χ2v) is 7.20. The molecule has 150 valence electrons. The van der Waals surface area contributed by atoms with Crippen molar-refractivity contribution in [1.82, 2.24) is 9.78 Å². The van der Waals surface area contributed by atoms with E-state index in [0.29, 0.717) is 24.3 Å². The number of amides is 2. The lowest BCUT2D eigenvalue weighted by atomic mass is 10.2. The molecule has 0 spiro atoms. The molecule has 0 radical (unpaired) electrons. The highest BCUT2D eigenvalue weighted by molar-refractivity contribution is 5.95. The largest absolute Gasteiger partial charge is 0.366 e. The summed E-state index contributed by atoms with van der Waals surface area (Å²) >= 11 is 0. The van der Waals surface area contributed by atoms with Crippen LogP contribution >= 0.6 is 0 Å². The fourth-order valence-electron chi connectivity index (χ4n) is 3.31. The molecule has 7 heteroatoms. The number of aryl methyl sites for hydroxylation is 1. The van der Waals surface area contributed by atoms with Gasteiger partial charge < -0.3 is 16.0 Å². The zero-order valence-corrected chi connectivity index (χ0v) is 16.9. The van der Waals surface area contributed by atoms with Gasteiger partial charge in [-0.15, -0.1) is 0 Å². The van der Waals surface area contributed by atoms with Crippen LogP contribution in [0.4, 0.5) is 5.69 Å². The fraction of sp³-hybridized carbons (Fsp3) is 0.227. The second kappa shape index (κ2) is 8.70. The van der Waals surface area contributed by atoms with Gasteiger partial charge in [0.1, 0.15) is 6.54 Å². The monoisotopic (exact) mass is 392 g/mol. The standard InChI is InChI=1S/C22H25N5O2/c1-15-20(16(2)27(25-15)19-7-5-4-6-8-19)13-26(3)14-21(28)24-18-11-9-17(10-12-18)22(23)29/h4-12H,13-14H2,1-3H3,(H2,23,29)(H,24,28)/p+1. The molecule has 0 bridgehead atoms. The summed E-state index contributed by atoms with van der Waals surface area (Å²) in [7, 11) is 1.98. The average molecular weight is 392 g/mol. The number of quaternary nitrogens is 1. The summed E-state index contributed by atoms with van der Waals surface area (Å²) in [6.07, 6.45) is 0. The van der Waals surface area contributed by atoms with E-state index in [9.17, 15) is 9.59 Å². The second-order valence-electron chi connectivity index (χ2n) is 7.20. The van der Waals surface area contributed by atoms with E-state index in [1.54, 1.807) is 24.3 Å². The Hall–Kier alpha value is -3.45. The minimum absolute atomic E-state index is 0.0971. The third kappa shape index (κ3) is 4.89. The van der Waals surface area contributed by atoms with E-state index in [1.807, 2.05) is 49.0 Å². The number of rotatable bonds is 7. The van der Waals surface area contributed by atoms with Gasteiger partial charge in [-0.05, 0) is 50.2 Å². The molecule has 0 aliphatic heterocycles. The molecule has 29 heavy (non-hydrogen) atoms. The number of carbonyl (C=O) groups excluding carboxylic acids is 2. The zero-order chi connectivity index (χ0) is 21.0. The minimum Gasteiger partial charge on any atom is -0.366 e. The van der Waals surface area contributed by atoms with Crippen LogP contribution in [0.1, 0.15) is 27.3 Å². The maximum atomic E-state index is 12.4. The number of aromatic nitrogens is 2.